The van der Waals surface area contributed by atoms with Crippen LogP contribution in [0.25, 0.3) is 66.1 Å². The summed E-state index contributed by atoms with van der Waals surface area (Å²) in [5.41, 5.74) is 10.5. The van der Waals surface area contributed by atoms with Gasteiger partial charge in [-0.15, -0.1) is 0 Å². The molecule has 0 amide bonds. The van der Waals surface area contributed by atoms with E-state index < -0.39 is 0 Å². The Morgan fingerprint density at radius 2 is 1.03 bits per heavy atom. The minimum atomic E-state index is 1.26. The summed E-state index contributed by atoms with van der Waals surface area (Å²) in [7, 11) is 0. The predicted molar refractivity (Wildman–Crippen MR) is 137 cm³/mol. The summed E-state index contributed by atoms with van der Waals surface area (Å²) in [4.78, 5) is 0. The molecule has 0 nitrogen and oxygen atoms in total. The van der Waals surface area contributed by atoms with Crippen molar-refractivity contribution in [3.05, 3.63) is 121 Å². The first-order chi connectivity index (χ1) is 15.9. The van der Waals surface area contributed by atoms with Crippen molar-refractivity contribution in [2.24, 2.45) is 0 Å². The second-order valence-corrected chi connectivity index (χ2v) is 8.58. The van der Waals surface area contributed by atoms with E-state index in [1.165, 1.54) is 66.1 Å². The molecule has 7 rings (SSSR count). The average Bonchev–Trinajstić information content (AvgIpc) is 3.19. The summed E-state index contributed by atoms with van der Waals surface area (Å²) in [5.74, 6) is 0. The second kappa shape index (κ2) is 6.67. The van der Waals surface area contributed by atoms with Crippen molar-refractivity contribution in [3.8, 4) is 44.5 Å². The summed E-state index contributed by atoms with van der Waals surface area (Å²) < 4.78 is 0. The van der Waals surface area contributed by atoms with E-state index in [1.54, 1.807) is 0 Å². The van der Waals surface area contributed by atoms with Gasteiger partial charge in [0.25, 0.3) is 0 Å². The van der Waals surface area contributed by atoms with Crippen LogP contribution in [0.4, 0.5) is 0 Å². The Balaban J connectivity index is 1.45. The van der Waals surface area contributed by atoms with Crippen molar-refractivity contribution < 1.29 is 0 Å². The van der Waals surface area contributed by atoms with E-state index in [2.05, 4.69) is 121 Å². The zero-order chi connectivity index (χ0) is 21.1. The van der Waals surface area contributed by atoms with E-state index in [0.29, 0.717) is 0 Å². The van der Waals surface area contributed by atoms with Gasteiger partial charge < -0.3 is 0 Å². The topological polar surface area (TPSA) is 0 Å². The summed E-state index contributed by atoms with van der Waals surface area (Å²) >= 11 is 0. The molecule has 0 saturated carbocycles. The standard InChI is InChI=1S/C32H20/c1-2-7-21(8-3-1)24-15-16-27-30-18-17-26(25-14-13-22-9-4-5-10-23(22)19-25)28-11-6-12-29(32(28)30)31(27)20-24/h1-20H. The van der Waals surface area contributed by atoms with Gasteiger partial charge in [-0.3, -0.25) is 0 Å². The number of fused-ring (bicyclic) bond motifs is 4. The quantitative estimate of drug-likeness (QED) is 0.270. The fraction of sp³-hybridized carbons (Fsp3) is 0. The summed E-state index contributed by atoms with van der Waals surface area (Å²) in [6.07, 6.45) is 0. The van der Waals surface area contributed by atoms with Gasteiger partial charge >= 0.3 is 0 Å². The fourth-order valence-electron chi connectivity index (χ4n) is 5.28. The van der Waals surface area contributed by atoms with Gasteiger partial charge in [0.2, 0.25) is 0 Å². The molecule has 0 saturated heterocycles. The van der Waals surface area contributed by atoms with E-state index >= 15 is 0 Å². The monoisotopic (exact) mass is 404 g/mol. The molecular formula is C32H20. The minimum Gasteiger partial charge on any atom is -0.0622 e. The molecular weight excluding hydrogens is 384 g/mol. The van der Waals surface area contributed by atoms with Gasteiger partial charge in [0, 0.05) is 0 Å². The molecule has 0 aromatic heterocycles. The number of rotatable bonds is 2. The molecule has 0 N–H and O–H groups in total. The summed E-state index contributed by atoms with van der Waals surface area (Å²) in [6.45, 7) is 0. The molecule has 148 valence electrons. The molecule has 0 bridgehead atoms. The maximum absolute atomic E-state index is 2.36. The van der Waals surface area contributed by atoms with Crippen LogP contribution >= 0.6 is 0 Å². The van der Waals surface area contributed by atoms with E-state index in [9.17, 15) is 0 Å². The van der Waals surface area contributed by atoms with E-state index in [4.69, 9.17) is 0 Å². The van der Waals surface area contributed by atoms with Crippen LogP contribution in [-0.2, 0) is 0 Å². The van der Waals surface area contributed by atoms with Gasteiger partial charge in [-0.05, 0) is 78.2 Å². The van der Waals surface area contributed by atoms with Crippen molar-refractivity contribution in [3.63, 3.8) is 0 Å². The van der Waals surface area contributed by atoms with Crippen LogP contribution in [0.3, 0.4) is 0 Å². The first kappa shape index (κ1) is 17.5. The van der Waals surface area contributed by atoms with Gasteiger partial charge in [-0.25, -0.2) is 0 Å². The SMILES string of the molecule is c1ccc(-c2ccc3c(c2)-c2cccc4c(-c5ccc6ccccc6c5)ccc-3c24)cc1. The molecule has 0 heteroatoms. The second-order valence-electron chi connectivity index (χ2n) is 8.58. The fourth-order valence-corrected chi connectivity index (χ4v) is 5.28. The third-order valence-corrected chi connectivity index (χ3v) is 6.81. The molecule has 0 aliphatic heterocycles. The average molecular weight is 405 g/mol. The highest BCUT2D eigenvalue weighted by molar-refractivity contribution is 6.19. The Kier molecular flexibility index (Phi) is 3.65. The zero-order valence-corrected chi connectivity index (χ0v) is 17.5. The molecule has 1 aliphatic carbocycles. The van der Waals surface area contributed by atoms with Crippen LogP contribution in [0.1, 0.15) is 0 Å². The lowest BCUT2D eigenvalue weighted by molar-refractivity contribution is 1.62. The van der Waals surface area contributed by atoms with Crippen molar-refractivity contribution in [1.29, 1.82) is 0 Å². The van der Waals surface area contributed by atoms with Gasteiger partial charge in [-0.2, -0.15) is 0 Å². The third kappa shape index (κ3) is 2.50. The number of hydrogen-bond donors (Lipinski definition) is 0. The molecule has 0 spiro atoms. The molecule has 6 aromatic carbocycles. The Morgan fingerprint density at radius 1 is 0.312 bits per heavy atom. The summed E-state index contributed by atoms with van der Waals surface area (Å²) in [6, 6.07) is 44.3. The van der Waals surface area contributed by atoms with Gasteiger partial charge in [0.05, 0.1) is 0 Å². The Bertz CT molecular complexity index is 1660. The van der Waals surface area contributed by atoms with Gasteiger partial charge in [0.15, 0.2) is 0 Å². The normalized spacial score (nSPS) is 11.8. The van der Waals surface area contributed by atoms with Crippen LogP contribution in [0, 0.1) is 0 Å². The van der Waals surface area contributed by atoms with Crippen molar-refractivity contribution >= 4 is 21.5 Å². The predicted octanol–water partition coefficient (Wildman–Crippen LogP) is 8.97. The molecule has 0 atom stereocenters. The van der Waals surface area contributed by atoms with Crippen molar-refractivity contribution in [2.45, 2.75) is 0 Å². The number of benzene rings is 6. The smallest absolute Gasteiger partial charge is 0.00201 e. The zero-order valence-electron chi connectivity index (χ0n) is 17.5. The lowest BCUT2D eigenvalue weighted by Crippen LogP contribution is -1.84. The Labute approximate surface area is 187 Å². The third-order valence-electron chi connectivity index (χ3n) is 6.81. The molecule has 32 heavy (non-hydrogen) atoms. The lowest BCUT2D eigenvalue weighted by Gasteiger charge is -2.10. The largest absolute Gasteiger partial charge is 0.0622 e. The van der Waals surface area contributed by atoms with Crippen LogP contribution in [0.2, 0.25) is 0 Å². The van der Waals surface area contributed by atoms with Crippen LogP contribution in [0.15, 0.2) is 121 Å². The Morgan fingerprint density at radius 3 is 1.94 bits per heavy atom. The van der Waals surface area contributed by atoms with E-state index in [0.717, 1.165) is 0 Å². The first-order valence-corrected chi connectivity index (χ1v) is 11.1. The van der Waals surface area contributed by atoms with Gasteiger partial charge in [-0.1, -0.05) is 109 Å². The van der Waals surface area contributed by atoms with Gasteiger partial charge in [0.1, 0.15) is 0 Å². The molecule has 0 radical (unpaired) electrons. The highest BCUT2D eigenvalue weighted by Gasteiger charge is 2.23. The van der Waals surface area contributed by atoms with Crippen molar-refractivity contribution in [1.82, 2.24) is 0 Å². The molecule has 6 aromatic rings. The molecule has 0 fully saturated rings. The molecule has 0 unspecified atom stereocenters. The molecule has 1 aliphatic rings. The summed E-state index contributed by atoms with van der Waals surface area (Å²) in [5, 5.41) is 5.26. The van der Waals surface area contributed by atoms with E-state index in [1.807, 2.05) is 0 Å². The van der Waals surface area contributed by atoms with Crippen LogP contribution in [-0.4, -0.2) is 0 Å². The lowest BCUT2D eigenvalue weighted by atomic mass is 9.93. The maximum Gasteiger partial charge on any atom is -0.00201 e. The van der Waals surface area contributed by atoms with Crippen LogP contribution in [0.5, 0.6) is 0 Å². The van der Waals surface area contributed by atoms with Crippen molar-refractivity contribution in [2.75, 3.05) is 0 Å². The maximum atomic E-state index is 2.36. The molecule has 0 heterocycles. The van der Waals surface area contributed by atoms with E-state index in [-0.39, 0.29) is 0 Å². The highest BCUT2D eigenvalue weighted by Crippen LogP contribution is 2.50. The highest BCUT2D eigenvalue weighted by atomic mass is 14.3. The van der Waals surface area contributed by atoms with Crippen LogP contribution < -0.4 is 0 Å². The Hall–Kier alpha value is -4.16. The number of hydrogen-bond acceptors (Lipinski definition) is 0. The first-order valence-electron chi connectivity index (χ1n) is 11.1. The minimum absolute atomic E-state index is 1.26.